The van der Waals surface area contributed by atoms with Crippen LogP contribution in [0.1, 0.15) is 18.1 Å². The van der Waals surface area contributed by atoms with E-state index in [0.717, 1.165) is 0 Å². The monoisotopic (exact) mass is 297 g/mol. The SMILES string of the molecule is Cc1ccc(N[C@H](C)C(=O)Nc2cccc(C#N)c2)cc1F. The van der Waals surface area contributed by atoms with E-state index < -0.39 is 6.04 Å². The Morgan fingerprint density at radius 2 is 2.00 bits per heavy atom. The first-order valence-electron chi connectivity index (χ1n) is 6.83. The zero-order valence-electron chi connectivity index (χ0n) is 12.4. The molecule has 0 aromatic heterocycles. The predicted molar refractivity (Wildman–Crippen MR) is 84.0 cm³/mol. The fourth-order valence-electron chi connectivity index (χ4n) is 1.92. The van der Waals surface area contributed by atoms with Gasteiger partial charge in [-0.1, -0.05) is 12.1 Å². The number of amides is 1. The number of hydrogen-bond acceptors (Lipinski definition) is 3. The maximum Gasteiger partial charge on any atom is 0.246 e. The minimum atomic E-state index is -0.548. The van der Waals surface area contributed by atoms with E-state index in [1.54, 1.807) is 50.2 Å². The second-order valence-corrected chi connectivity index (χ2v) is 5.01. The Morgan fingerprint density at radius 3 is 2.68 bits per heavy atom. The fourth-order valence-corrected chi connectivity index (χ4v) is 1.92. The molecule has 0 saturated carbocycles. The zero-order chi connectivity index (χ0) is 16.1. The molecule has 22 heavy (non-hydrogen) atoms. The molecule has 1 atom stereocenters. The summed E-state index contributed by atoms with van der Waals surface area (Å²) in [5.74, 6) is -0.588. The van der Waals surface area contributed by atoms with Gasteiger partial charge in [0.05, 0.1) is 11.6 Å². The van der Waals surface area contributed by atoms with E-state index in [2.05, 4.69) is 10.6 Å². The molecule has 2 rings (SSSR count). The lowest BCUT2D eigenvalue weighted by Crippen LogP contribution is -2.31. The Bertz CT molecular complexity index is 737. The highest BCUT2D eigenvalue weighted by Gasteiger charge is 2.13. The Kier molecular flexibility index (Phi) is 4.74. The Morgan fingerprint density at radius 1 is 1.23 bits per heavy atom. The van der Waals surface area contributed by atoms with Gasteiger partial charge in [0.15, 0.2) is 0 Å². The van der Waals surface area contributed by atoms with E-state index >= 15 is 0 Å². The number of hydrogen-bond donors (Lipinski definition) is 2. The minimum Gasteiger partial charge on any atom is -0.374 e. The van der Waals surface area contributed by atoms with Gasteiger partial charge in [-0.25, -0.2) is 4.39 Å². The summed E-state index contributed by atoms with van der Waals surface area (Å²) in [4.78, 5) is 12.1. The molecule has 0 spiro atoms. The van der Waals surface area contributed by atoms with Crippen molar-refractivity contribution in [2.45, 2.75) is 19.9 Å². The molecule has 0 unspecified atom stereocenters. The molecule has 0 aliphatic heterocycles. The topological polar surface area (TPSA) is 64.9 Å². The van der Waals surface area contributed by atoms with Gasteiger partial charge in [0.1, 0.15) is 11.9 Å². The molecule has 2 aromatic carbocycles. The van der Waals surface area contributed by atoms with E-state index in [1.807, 2.05) is 6.07 Å². The van der Waals surface area contributed by atoms with Gasteiger partial charge in [0.25, 0.3) is 0 Å². The maximum absolute atomic E-state index is 13.5. The smallest absolute Gasteiger partial charge is 0.246 e. The second kappa shape index (κ2) is 6.72. The highest BCUT2D eigenvalue weighted by Crippen LogP contribution is 2.15. The third-order valence-electron chi connectivity index (χ3n) is 3.21. The highest BCUT2D eigenvalue weighted by molar-refractivity contribution is 5.96. The number of nitrogens with zero attached hydrogens (tertiary/aromatic N) is 1. The molecular weight excluding hydrogens is 281 g/mol. The van der Waals surface area contributed by atoms with Crippen LogP contribution in [0, 0.1) is 24.1 Å². The maximum atomic E-state index is 13.5. The number of anilines is 2. The summed E-state index contributed by atoms with van der Waals surface area (Å²) in [7, 11) is 0. The van der Waals surface area contributed by atoms with Crippen molar-refractivity contribution in [3.63, 3.8) is 0 Å². The third-order valence-corrected chi connectivity index (χ3v) is 3.21. The Balaban J connectivity index is 2.02. The third kappa shape index (κ3) is 3.83. The summed E-state index contributed by atoms with van der Waals surface area (Å²) >= 11 is 0. The van der Waals surface area contributed by atoms with Crippen LogP contribution in [-0.4, -0.2) is 11.9 Å². The lowest BCUT2D eigenvalue weighted by atomic mass is 10.2. The molecule has 2 N–H and O–H groups in total. The average molecular weight is 297 g/mol. The number of carbonyl (C=O) groups excluding carboxylic acids is 1. The van der Waals surface area contributed by atoms with Crippen molar-refractivity contribution in [1.29, 1.82) is 5.26 Å². The Labute approximate surface area is 128 Å². The first-order valence-corrected chi connectivity index (χ1v) is 6.83. The van der Waals surface area contributed by atoms with E-state index in [-0.39, 0.29) is 11.7 Å². The molecule has 4 nitrogen and oxygen atoms in total. The van der Waals surface area contributed by atoms with Crippen LogP contribution in [-0.2, 0) is 4.79 Å². The second-order valence-electron chi connectivity index (χ2n) is 5.01. The molecule has 5 heteroatoms. The number of aryl methyl sites for hydroxylation is 1. The number of carbonyl (C=O) groups is 1. The van der Waals surface area contributed by atoms with Gasteiger partial charge in [0, 0.05) is 11.4 Å². The number of rotatable bonds is 4. The van der Waals surface area contributed by atoms with E-state index in [9.17, 15) is 9.18 Å². The van der Waals surface area contributed by atoms with Crippen molar-refractivity contribution in [3.8, 4) is 6.07 Å². The van der Waals surface area contributed by atoms with Gasteiger partial charge in [-0.05, 0) is 49.7 Å². The summed E-state index contributed by atoms with van der Waals surface area (Å²) in [5.41, 5.74) is 2.11. The van der Waals surface area contributed by atoms with Gasteiger partial charge in [-0.15, -0.1) is 0 Å². The number of nitriles is 1. The predicted octanol–water partition coefficient (Wildman–Crippen LogP) is 3.44. The van der Waals surface area contributed by atoms with Gasteiger partial charge < -0.3 is 10.6 Å². The van der Waals surface area contributed by atoms with Crippen LogP contribution in [0.3, 0.4) is 0 Å². The lowest BCUT2D eigenvalue weighted by Gasteiger charge is -2.15. The number of halogens is 1. The van der Waals surface area contributed by atoms with Crippen LogP contribution >= 0.6 is 0 Å². The normalized spacial score (nSPS) is 11.4. The molecule has 0 heterocycles. The molecule has 0 fully saturated rings. The summed E-state index contributed by atoms with van der Waals surface area (Å²) in [6.45, 7) is 3.36. The summed E-state index contributed by atoms with van der Waals surface area (Å²) in [6, 6.07) is 12.8. The van der Waals surface area contributed by atoms with E-state index in [0.29, 0.717) is 22.5 Å². The van der Waals surface area contributed by atoms with Crippen LogP contribution in [0.15, 0.2) is 42.5 Å². The van der Waals surface area contributed by atoms with Gasteiger partial charge >= 0.3 is 0 Å². The fraction of sp³-hybridized carbons (Fsp3) is 0.176. The largest absolute Gasteiger partial charge is 0.374 e. The van der Waals surface area contributed by atoms with Crippen molar-refractivity contribution in [2.75, 3.05) is 10.6 Å². The number of nitrogens with one attached hydrogen (secondary N) is 2. The van der Waals surface area contributed by atoms with Crippen molar-refractivity contribution in [3.05, 3.63) is 59.4 Å². The zero-order valence-corrected chi connectivity index (χ0v) is 12.4. The molecule has 2 aromatic rings. The van der Waals surface area contributed by atoms with Gasteiger partial charge in [-0.3, -0.25) is 4.79 Å². The molecule has 0 aliphatic rings. The number of benzene rings is 2. The molecule has 0 aliphatic carbocycles. The van der Waals surface area contributed by atoms with Crippen LogP contribution in [0.5, 0.6) is 0 Å². The molecule has 0 radical (unpaired) electrons. The van der Waals surface area contributed by atoms with Crippen molar-refractivity contribution in [1.82, 2.24) is 0 Å². The lowest BCUT2D eigenvalue weighted by molar-refractivity contribution is -0.116. The van der Waals surface area contributed by atoms with Crippen LogP contribution in [0.2, 0.25) is 0 Å². The van der Waals surface area contributed by atoms with Gasteiger partial charge in [-0.2, -0.15) is 5.26 Å². The molecular formula is C17H16FN3O. The summed E-state index contributed by atoms with van der Waals surface area (Å²) in [5, 5.41) is 14.5. The van der Waals surface area contributed by atoms with Crippen LogP contribution in [0.4, 0.5) is 15.8 Å². The summed E-state index contributed by atoms with van der Waals surface area (Å²) in [6.07, 6.45) is 0. The summed E-state index contributed by atoms with van der Waals surface area (Å²) < 4.78 is 13.5. The standard InChI is InChI=1S/C17H16FN3O/c1-11-6-7-15(9-16(11)18)20-12(2)17(22)21-14-5-3-4-13(8-14)10-19/h3-9,12,20H,1-2H3,(H,21,22)/t12-/m1/s1. The van der Waals surface area contributed by atoms with Gasteiger partial charge in [0.2, 0.25) is 5.91 Å². The highest BCUT2D eigenvalue weighted by atomic mass is 19.1. The average Bonchev–Trinajstić information content (AvgIpc) is 2.51. The molecule has 112 valence electrons. The minimum absolute atomic E-state index is 0.268. The van der Waals surface area contributed by atoms with E-state index in [1.165, 1.54) is 6.07 Å². The van der Waals surface area contributed by atoms with Crippen LogP contribution < -0.4 is 10.6 Å². The molecule has 1 amide bonds. The quantitative estimate of drug-likeness (QED) is 0.908. The van der Waals surface area contributed by atoms with Crippen molar-refractivity contribution >= 4 is 17.3 Å². The van der Waals surface area contributed by atoms with Crippen molar-refractivity contribution in [2.24, 2.45) is 0 Å². The first-order chi connectivity index (χ1) is 10.5. The molecule has 0 saturated heterocycles. The molecule has 0 bridgehead atoms. The first kappa shape index (κ1) is 15.5. The van der Waals surface area contributed by atoms with E-state index in [4.69, 9.17) is 5.26 Å². The van der Waals surface area contributed by atoms with Crippen molar-refractivity contribution < 1.29 is 9.18 Å². The Hall–Kier alpha value is -2.87. The van der Waals surface area contributed by atoms with Crippen LogP contribution in [0.25, 0.3) is 0 Å².